The van der Waals surface area contributed by atoms with Crippen LogP contribution in [0.1, 0.15) is 48.9 Å². The predicted octanol–water partition coefficient (Wildman–Crippen LogP) is 3.92. The van der Waals surface area contributed by atoms with Crippen molar-refractivity contribution in [2.45, 2.75) is 45.7 Å². The van der Waals surface area contributed by atoms with Gasteiger partial charge in [-0.15, -0.1) is 11.3 Å². The summed E-state index contributed by atoms with van der Waals surface area (Å²) in [5.41, 5.74) is 2.30. The molecule has 1 fully saturated rings. The number of aliphatic imine (C=N–C) groups is 1. The van der Waals surface area contributed by atoms with Crippen molar-refractivity contribution in [3.05, 3.63) is 45.9 Å². The topological polar surface area (TPSA) is 58.5 Å². The third-order valence-electron chi connectivity index (χ3n) is 4.38. The highest BCUT2D eigenvalue weighted by Crippen LogP contribution is 2.30. The molecule has 1 heterocycles. The van der Waals surface area contributed by atoms with Crippen LogP contribution in [0.4, 0.5) is 0 Å². The van der Waals surface area contributed by atoms with Crippen LogP contribution >= 0.6 is 11.3 Å². The molecule has 1 aliphatic carbocycles. The number of guanidine groups is 1. The van der Waals surface area contributed by atoms with Crippen LogP contribution in [0.2, 0.25) is 0 Å². The summed E-state index contributed by atoms with van der Waals surface area (Å²) in [5, 5.41) is 9.90. The largest absolute Gasteiger partial charge is 0.493 e. The van der Waals surface area contributed by atoms with E-state index >= 15 is 0 Å². The van der Waals surface area contributed by atoms with Crippen LogP contribution in [0.5, 0.6) is 5.75 Å². The van der Waals surface area contributed by atoms with E-state index < -0.39 is 0 Å². The lowest BCUT2D eigenvalue weighted by Gasteiger charge is -2.14. The lowest BCUT2D eigenvalue weighted by molar-refractivity contribution is 0.296. The van der Waals surface area contributed by atoms with Gasteiger partial charge in [-0.1, -0.05) is 32.0 Å². The van der Waals surface area contributed by atoms with E-state index in [4.69, 9.17) is 4.74 Å². The van der Waals surface area contributed by atoms with E-state index in [0.29, 0.717) is 19.0 Å². The highest BCUT2D eigenvalue weighted by Gasteiger charge is 2.22. The van der Waals surface area contributed by atoms with Crippen LogP contribution in [0.3, 0.4) is 0 Å². The average Bonchev–Trinajstić information content (AvgIpc) is 3.36. The van der Waals surface area contributed by atoms with Gasteiger partial charge in [-0.2, -0.15) is 0 Å². The molecule has 140 valence electrons. The van der Waals surface area contributed by atoms with Gasteiger partial charge in [0, 0.05) is 24.5 Å². The van der Waals surface area contributed by atoms with Gasteiger partial charge in [0.1, 0.15) is 10.8 Å². The average molecular weight is 373 g/mol. The number of thiazole rings is 1. The Kier molecular flexibility index (Phi) is 6.50. The highest BCUT2D eigenvalue weighted by molar-refractivity contribution is 7.09. The zero-order chi connectivity index (χ0) is 18.4. The second-order valence-corrected chi connectivity index (χ2v) is 7.90. The first-order chi connectivity index (χ1) is 12.7. The summed E-state index contributed by atoms with van der Waals surface area (Å²) in [6.07, 6.45) is 2.60. The van der Waals surface area contributed by atoms with Crippen LogP contribution in [-0.4, -0.2) is 24.6 Å². The molecule has 1 saturated carbocycles. The van der Waals surface area contributed by atoms with E-state index in [1.807, 2.05) is 18.2 Å². The summed E-state index contributed by atoms with van der Waals surface area (Å²) in [4.78, 5) is 8.95. The molecular weight excluding hydrogens is 344 g/mol. The molecule has 6 heteroatoms. The van der Waals surface area contributed by atoms with Gasteiger partial charge in [0.2, 0.25) is 0 Å². The number of hydrogen-bond donors (Lipinski definition) is 2. The highest BCUT2D eigenvalue weighted by atomic mass is 32.1. The maximum atomic E-state index is 5.97. The molecular formula is C20H28N4OS. The van der Waals surface area contributed by atoms with Gasteiger partial charge < -0.3 is 15.4 Å². The Hall–Kier alpha value is -2.08. The Labute approximate surface area is 159 Å². The molecule has 1 aliphatic rings. The summed E-state index contributed by atoms with van der Waals surface area (Å²) in [6.45, 7) is 6.50. The van der Waals surface area contributed by atoms with Crippen LogP contribution in [-0.2, 0) is 13.1 Å². The number of ether oxygens (including phenoxy) is 1. The third-order valence-corrected chi connectivity index (χ3v) is 5.25. The number of hydrogen-bond acceptors (Lipinski definition) is 4. The lowest BCUT2D eigenvalue weighted by Crippen LogP contribution is -2.36. The molecule has 0 spiro atoms. The number of aromatic nitrogens is 1. The normalized spacial score (nSPS) is 14.5. The van der Waals surface area contributed by atoms with Gasteiger partial charge in [0.15, 0.2) is 5.96 Å². The van der Waals surface area contributed by atoms with Crippen molar-refractivity contribution in [2.75, 3.05) is 13.7 Å². The van der Waals surface area contributed by atoms with E-state index in [1.54, 1.807) is 18.4 Å². The fourth-order valence-electron chi connectivity index (χ4n) is 2.51. The summed E-state index contributed by atoms with van der Waals surface area (Å²) in [7, 11) is 1.78. The number of nitrogens with one attached hydrogen (secondary N) is 2. The van der Waals surface area contributed by atoms with E-state index in [9.17, 15) is 0 Å². The molecule has 0 radical (unpaired) electrons. The van der Waals surface area contributed by atoms with Gasteiger partial charge in [0.05, 0.1) is 18.8 Å². The van der Waals surface area contributed by atoms with Gasteiger partial charge in [-0.3, -0.25) is 4.99 Å². The van der Waals surface area contributed by atoms with Crippen molar-refractivity contribution in [3.8, 4) is 5.75 Å². The monoisotopic (exact) mass is 372 g/mol. The van der Waals surface area contributed by atoms with Crippen LogP contribution in [0.25, 0.3) is 0 Å². The maximum Gasteiger partial charge on any atom is 0.191 e. The van der Waals surface area contributed by atoms with Gasteiger partial charge in [0.25, 0.3) is 0 Å². The Morgan fingerprint density at radius 3 is 2.73 bits per heavy atom. The summed E-state index contributed by atoms with van der Waals surface area (Å²) >= 11 is 1.69. The summed E-state index contributed by atoms with van der Waals surface area (Å²) in [5.74, 6) is 2.94. The molecule has 3 rings (SSSR count). The molecule has 2 N–H and O–H groups in total. The molecule has 1 aromatic heterocycles. The van der Waals surface area contributed by atoms with E-state index in [0.717, 1.165) is 40.5 Å². The fourth-order valence-corrected chi connectivity index (χ4v) is 3.41. The molecule has 0 aliphatic heterocycles. The molecule has 0 bridgehead atoms. The molecule has 2 aromatic rings. The third kappa shape index (κ3) is 5.46. The fraction of sp³-hybridized carbons (Fsp3) is 0.500. The van der Waals surface area contributed by atoms with E-state index in [1.165, 1.54) is 12.8 Å². The Balaban J connectivity index is 1.50. The minimum atomic E-state index is 0.463. The van der Waals surface area contributed by atoms with Gasteiger partial charge in [-0.05, 0) is 30.7 Å². The molecule has 5 nitrogen and oxygen atoms in total. The molecule has 0 unspecified atom stereocenters. The van der Waals surface area contributed by atoms with Crippen molar-refractivity contribution >= 4 is 17.3 Å². The SMILES string of the molecule is CN=C(NCc1nc(C(C)C)cs1)NCc1ccccc1OCC1CC1. The first-order valence-corrected chi connectivity index (χ1v) is 10.1. The molecule has 0 atom stereocenters. The maximum absolute atomic E-state index is 5.97. The van der Waals surface area contributed by atoms with Gasteiger partial charge in [-0.25, -0.2) is 4.98 Å². The predicted molar refractivity (Wildman–Crippen MR) is 108 cm³/mol. The Morgan fingerprint density at radius 2 is 2.04 bits per heavy atom. The standard InChI is InChI=1S/C20H28N4OS/c1-14(2)17-13-26-19(24-17)11-23-20(21-3)22-10-16-6-4-5-7-18(16)25-12-15-8-9-15/h4-7,13-15H,8-12H2,1-3H3,(H2,21,22,23). The molecule has 1 aromatic carbocycles. The van der Waals surface area contributed by atoms with Gasteiger partial charge >= 0.3 is 0 Å². The van der Waals surface area contributed by atoms with Crippen LogP contribution < -0.4 is 15.4 Å². The summed E-state index contributed by atoms with van der Waals surface area (Å²) in [6, 6.07) is 8.20. The number of para-hydroxylation sites is 1. The first-order valence-electron chi connectivity index (χ1n) is 9.25. The summed E-state index contributed by atoms with van der Waals surface area (Å²) < 4.78 is 5.97. The second kappa shape index (κ2) is 9.03. The van der Waals surface area contributed by atoms with Crippen molar-refractivity contribution in [1.29, 1.82) is 0 Å². The van der Waals surface area contributed by atoms with Crippen molar-refractivity contribution in [2.24, 2.45) is 10.9 Å². The molecule has 0 amide bonds. The zero-order valence-electron chi connectivity index (χ0n) is 15.8. The van der Waals surface area contributed by atoms with Crippen LogP contribution in [0.15, 0.2) is 34.6 Å². The van der Waals surface area contributed by atoms with E-state index in [-0.39, 0.29) is 0 Å². The number of nitrogens with zero attached hydrogens (tertiary/aromatic N) is 2. The lowest BCUT2D eigenvalue weighted by atomic mass is 10.2. The second-order valence-electron chi connectivity index (χ2n) is 6.96. The van der Waals surface area contributed by atoms with E-state index in [2.05, 4.69) is 45.9 Å². The Morgan fingerprint density at radius 1 is 1.27 bits per heavy atom. The number of rotatable bonds is 8. The quantitative estimate of drug-likeness (QED) is 0.545. The molecule has 26 heavy (non-hydrogen) atoms. The zero-order valence-corrected chi connectivity index (χ0v) is 16.6. The molecule has 0 saturated heterocycles. The first kappa shape index (κ1) is 18.7. The minimum Gasteiger partial charge on any atom is -0.493 e. The van der Waals surface area contributed by atoms with Crippen LogP contribution in [0, 0.1) is 5.92 Å². The van der Waals surface area contributed by atoms with Crippen molar-refractivity contribution in [3.63, 3.8) is 0 Å². The van der Waals surface area contributed by atoms with Crippen molar-refractivity contribution in [1.82, 2.24) is 15.6 Å². The smallest absolute Gasteiger partial charge is 0.191 e. The Bertz CT molecular complexity index is 737. The minimum absolute atomic E-state index is 0.463. The number of benzene rings is 1. The van der Waals surface area contributed by atoms with Crippen molar-refractivity contribution < 1.29 is 4.74 Å².